The van der Waals surface area contributed by atoms with Crippen molar-refractivity contribution in [1.29, 1.82) is 0 Å². The number of benzene rings is 2. The summed E-state index contributed by atoms with van der Waals surface area (Å²) in [5, 5.41) is 13.4. The van der Waals surface area contributed by atoms with Gasteiger partial charge in [-0.3, -0.25) is 14.9 Å². The SMILES string of the molecule is O=C(Nc1ccccc1)c1ccc([N+](=O)[O-])c(Br)c1. The van der Waals surface area contributed by atoms with E-state index in [1.807, 2.05) is 6.07 Å². The highest BCUT2D eigenvalue weighted by Crippen LogP contribution is 2.25. The predicted octanol–water partition coefficient (Wildman–Crippen LogP) is 3.61. The molecule has 1 amide bonds. The molecule has 0 unspecified atom stereocenters. The number of rotatable bonds is 3. The molecular weight excluding hydrogens is 312 g/mol. The maximum Gasteiger partial charge on any atom is 0.283 e. The van der Waals surface area contributed by atoms with Crippen LogP contribution in [0.1, 0.15) is 10.4 Å². The number of hydrogen-bond donors (Lipinski definition) is 1. The first-order valence-corrected chi connectivity index (χ1v) is 6.17. The second-order valence-electron chi connectivity index (χ2n) is 3.74. The third-order valence-corrected chi connectivity index (χ3v) is 3.07. The minimum atomic E-state index is -0.511. The first kappa shape index (κ1) is 13.2. The molecule has 6 heteroatoms. The first-order chi connectivity index (χ1) is 9.08. The van der Waals surface area contributed by atoms with E-state index in [0.717, 1.165) is 0 Å². The lowest BCUT2D eigenvalue weighted by molar-refractivity contribution is -0.385. The summed E-state index contributed by atoms with van der Waals surface area (Å²) in [5.41, 5.74) is 0.944. The van der Waals surface area contributed by atoms with Crippen molar-refractivity contribution in [2.75, 3.05) is 5.32 Å². The Balaban J connectivity index is 2.21. The molecule has 1 N–H and O–H groups in total. The number of nitro benzene ring substituents is 1. The van der Waals surface area contributed by atoms with E-state index >= 15 is 0 Å². The van der Waals surface area contributed by atoms with Gasteiger partial charge in [-0.2, -0.15) is 0 Å². The van der Waals surface area contributed by atoms with Crippen LogP contribution in [0.5, 0.6) is 0 Å². The summed E-state index contributed by atoms with van der Waals surface area (Å²) >= 11 is 3.08. The Labute approximate surface area is 117 Å². The van der Waals surface area contributed by atoms with E-state index in [1.165, 1.54) is 18.2 Å². The van der Waals surface area contributed by atoms with Crippen LogP contribution in [0.25, 0.3) is 0 Å². The molecule has 2 aromatic rings. The average Bonchev–Trinajstić information content (AvgIpc) is 2.39. The molecule has 0 aliphatic carbocycles. The van der Waals surface area contributed by atoms with Gasteiger partial charge in [0.15, 0.2) is 0 Å². The number of anilines is 1. The van der Waals surface area contributed by atoms with E-state index in [2.05, 4.69) is 21.2 Å². The van der Waals surface area contributed by atoms with E-state index in [-0.39, 0.29) is 16.1 Å². The molecule has 0 saturated carbocycles. The van der Waals surface area contributed by atoms with Crippen molar-refractivity contribution in [2.24, 2.45) is 0 Å². The van der Waals surface area contributed by atoms with E-state index in [9.17, 15) is 14.9 Å². The van der Waals surface area contributed by atoms with Crippen molar-refractivity contribution in [2.45, 2.75) is 0 Å². The first-order valence-electron chi connectivity index (χ1n) is 5.38. The molecule has 19 heavy (non-hydrogen) atoms. The van der Waals surface area contributed by atoms with Gasteiger partial charge >= 0.3 is 0 Å². The van der Waals surface area contributed by atoms with Crippen molar-refractivity contribution in [3.05, 3.63) is 68.7 Å². The molecule has 0 bridgehead atoms. The molecule has 0 spiro atoms. The predicted molar refractivity (Wildman–Crippen MR) is 75.2 cm³/mol. The Hall–Kier alpha value is -2.21. The lowest BCUT2D eigenvalue weighted by Crippen LogP contribution is -2.11. The monoisotopic (exact) mass is 320 g/mol. The van der Waals surface area contributed by atoms with Gasteiger partial charge in [-0.25, -0.2) is 0 Å². The summed E-state index contributed by atoms with van der Waals surface area (Å²) in [5.74, 6) is -0.318. The van der Waals surface area contributed by atoms with Gasteiger partial charge < -0.3 is 5.32 Å². The maximum atomic E-state index is 11.9. The van der Waals surface area contributed by atoms with E-state index < -0.39 is 4.92 Å². The molecule has 2 rings (SSSR count). The largest absolute Gasteiger partial charge is 0.322 e. The van der Waals surface area contributed by atoms with Crippen LogP contribution >= 0.6 is 15.9 Å². The molecule has 5 nitrogen and oxygen atoms in total. The second-order valence-corrected chi connectivity index (χ2v) is 4.60. The van der Waals surface area contributed by atoms with Crippen molar-refractivity contribution < 1.29 is 9.72 Å². The van der Waals surface area contributed by atoms with E-state index in [4.69, 9.17) is 0 Å². The number of nitro groups is 1. The highest BCUT2D eigenvalue weighted by molar-refractivity contribution is 9.10. The standard InChI is InChI=1S/C13H9BrN2O3/c14-11-8-9(6-7-12(11)16(18)19)13(17)15-10-4-2-1-3-5-10/h1-8H,(H,15,17). The van der Waals surface area contributed by atoms with Gasteiger partial charge in [0.2, 0.25) is 0 Å². The Kier molecular flexibility index (Phi) is 3.91. The second kappa shape index (κ2) is 5.62. The maximum absolute atomic E-state index is 11.9. The summed E-state index contributed by atoms with van der Waals surface area (Å²) in [6.45, 7) is 0. The van der Waals surface area contributed by atoms with Crippen LogP contribution in [0.4, 0.5) is 11.4 Å². The summed E-state index contributed by atoms with van der Waals surface area (Å²) < 4.78 is 0.276. The molecule has 0 radical (unpaired) electrons. The van der Waals surface area contributed by atoms with Crippen molar-refractivity contribution in [1.82, 2.24) is 0 Å². The van der Waals surface area contributed by atoms with Gasteiger partial charge in [0.05, 0.1) is 9.40 Å². The number of carbonyl (C=O) groups is 1. The minimum Gasteiger partial charge on any atom is -0.322 e. The third-order valence-electron chi connectivity index (χ3n) is 2.44. The van der Waals surface area contributed by atoms with Crippen molar-refractivity contribution >= 4 is 33.2 Å². The fourth-order valence-electron chi connectivity index (χ4n) is 1.52. The Bertz CT molecular complexity index is 629. The van der Waals surface area contributed by atoms with Gasteiger partial charge in [0, 0.05) is 17.3 Å². The van der Waals surface area contributed by atoms with Crippen LogP contribution in [0.15, 0.2) is 53.0 Å². The average molecular weight is 321 g/mol. The van der Waals surface area contributed by atoms with Crippen LogP contribution in [0.3, 0.4) is 0 Å². The summed E-state index contributed by atoms with van der Waals surface area (Å²) in [6, 6.07) is 13.1. The zero-order valence-corrected chi connectivity index (χ0v) is 11.3. The molecule has 0 fully saturated rings. The molecular formula is C13H9BrN2O3. The van der Waals surface area contributed by atoms with Crippen LogP contribution in [-0.4, -0.2) is 10.8 Å². The highest BCUT2D eigenvalue weighted by atomic mass is 79.9. The van der Waals surface area contributed by atoms with Gasteiger partial charge in [-0.15, -0.1) is 0 Å². The van der Waals surface area contributed by atoms with Crippen molar-refractivity contribution in [3.63, 3.8) is 0 Å². The van der Waals surface area contributed by atoms with Gasteiger partial charge in [-0.05, 0) is 40.2 Å². The number of nitrogens with zero attached hydrogens (tertiary/aromatic N) is 1. The number of amides is 1. The number of carbonyl (C=O) groups excluding carboxylic acids is 1. The number of nitrogens with one attached hydrogen (secondary N) is 1. The van der Waals surface area contributed by atoms with Gasteiger partial charge in [-0.1, -0.05) is 18.2 Å². The van der Waals surface area contributed by atoms with Crippen LogP contribution in [0.2, 0.25) is 0 Å². The summed E-state index contributed by atoms with van der Waals surface area (Å²) in [4.78, 5) is 22.1. The third kappa shape index (κ3) is 3.17. The Morgan fingerprint density at radius 3 is 2.42 bits per heavy atom. The van der Waals surface area contributed by atoms with Gasteiger partial charge in [0.1, 0.15) is 0 Å². The minimum absolute atomic E-state index is 0.0729. The zero-order valence-electron chi connectivity index (χ0n) is 9.67. The molecule has 96 valence electrons. The molecule has 2 aromatic carbocycles. The zero-order chi connectivity index (χ0) is 13.8. The fraction of sp³-hybridized carbons (Fsp3) is 0. The number of hydrogen-bond acceptors (Lipinski definition) is 3. The van der Waals surface area contributed by atoms with E-state index in [1.54, 1.807) is 24.3 Å². The molecule has 0 aromatic heterocycles. The summed E-state index contributed by atoms with van der Waals surface area (Å²) in [7, 11) is 0. The van der Waals surface area contributed by atoms with Crippen LogP contribution in [-0.2, 0) is 0 Å². The quantitative estimate of drug-likeness (QED) is 0.693. The lowest BCUT2D eigenvalue weighted by atomic mass is 10.2. The molecule has 0 aliphatic heterocycles. The molecule has 0 heterocycles. The van der Waals surface area contributed by atoms with Crippen molar-refractivity contribution in [3.8, 4) is 0 Å². The van der Waals surface area contributed by atoms with Crippen LogP contribution < -0.4 is 5.32 Å². The molecule has 0 atom stereocenters. The van der Waals surface area contributed by atoms with Crippen LogP contribution in [0, 0.1) is 10.1 Å². The molecule has 0 aliphatic rings. The molecule has 0 saturated heterocycles. The number of para-hydroxylation sites is 1. The highest BCUT2D eigenvalue weighted by Gasteiger charge is 2.14. The van der Waals surface area contributed by atoms with Gasteiger partial charge in [0.25, 0.3) is 11.6 Å². The number of halogens is 1. The summed E-state index contributed by atoms with van der Waals surface area (Å²) in [6.07, 6.45) is 0. The lowest BCUT2D eigenvalue weighted by Gasteiger charge is -2.05. The Morgan fingerprint density at radius 2 is 1.84 bits per heavy atom. The Morgan fingerprint density at radius 1 is 1.16 bits per heavy atom. The normalized spacial score (nSPS) is 9.95. The fourth-order valence-corrected chi connectivity index (χ4v) is 2.04. The van der Waals surface area contributed by atoms with E-state index in [0.29, 0.717) is 11.3 Å². The smallest absolute Gasteiger partial charge is 0.283 e. The topological polar surface area (TPSA) is 72.2 Å².